The molecule has 0 aliphatic rings. The molecule has 0 spiro atoms. The summed E-state index contributed by atoms with van der Waals surface area (Å²) in [5.74, 6) is -1.92. The Balaban J connectivity index is 2.38. The highest BCUT2D eigenvalue weighted by Crippen LogP contribution is 2.21. The van der Waals surface area contributed by atoms with Crippen LogP contribution in [0.5, 0.6) is 0 Å². The van der Waals surface area contributed by atoms with Crippen LogP contribution in [0.25, 0.3) is 0 Å². The smallest absolute Gasteiger partial charge is 0.337 e. The van der Waals surface area contributed by atoms with Gasteiger partial charge >= 0.3 is 5.97 Å². The van der Waals surface area contributed by atoms with E-state index < -0.39 is 17.4 Å². The summed E-state index contributed by atoms with van der Waals surface area (Å²) in [5.41, 5.74) is -0.777. The number of carbonyl (C=O) groups excluding carboxylic acids is 1. The second kappa shape index (κ2) is 5.58. The van der Waals surface area contributed by atoms with Crippen LogP contribution in [0.3, 0.4) is 0 Å². The quantitative estimate of drug-likeness (QED) is 0.805. The van der Waals surface area contributed by atoms with Crippen molar-refractivity contribution in [2.24, 2.45) is 0 Å². The molecule has 0 aliphatic heterocycles. The van der Waals surface area contributed by atoms with Gasteiger partial charge in [0.2, 0.25) is 0 Å². The average molecular weight is 293 g/mol. The fraction of sp³-hybridized carbons (Fsp3) is 0. The number of carboxylic acids is 1. The number of hydrogen-bond donors (Lipinski definition) is 3. The van der Waals surface area contributed by atoms with Crippen LogP contribution in [-0.2, 0) is 0 Å². The van der Waals surface area contributed by atoms with Crippen LogP contribution in [0.15, 0.2) is 41.3 Å². The minimum atomic E-state index is -1.21. The number of H-pyrrole nitrogens is 1. The number of aromatic carboxylic acids is 1. The molecule has 7 heteroatoms. The van der Waals surface area contributed by atoms with Gasteiger partial charge in [0.25, 0.3) is 11.5 Å². The molecule has 0 radical (unpaired) electrons. The molecule has 20 heavy (non-hydrogen) atoms. The van der Waals surface area contributed by atoms with E-state index in [1.54, 1.807) is 0 Å². The van der Waals surface area contributed by atoms with Gasteiger partial charge in [0.1, 0.15) is 5.56 Å². The first-order valence-electron chi connectivity index (χ1n) is 5.51. The highest BCUT2D eigenvalue weighted by atomic mass is 35.5. The van der Waals surface area contributed by atoms with Gasteiger partial charge < -0.3 is 15.4 Å². The van der Waals surface area contributed by atoms with Gasteiger partial charge in [-0.25, -0.2) is 4.79 Å². The maximum atomic E-state index is 12.0. The number of nitrogens with one attached hydrogen (secondary N) is 2. The molecule has 0 saturated carbocycles. The van der Waals surface area contributed by atoms with E-state index in [-0.39, 0.29) is 21.8 Å². The van der Waals surface area contributed by atoms with Crippen molar-refractivity contribution in [2.75, 3.05) is 5.32 Å². The van der Waals surface area contributed by atoms with E-state index in [0.717, 1.165) is 0 Å². The van der Waals surface area contributed by atoms with Crippen molar-refractivity contribution >= 4 is 29.2 Å². The Morgan fingerprint density at radius 2 is 1.95 bits per heavy atom. The summed E-state index contributed by atoms with van der Waals surface area (Å²) in [7, 11) is 0. The van der Waals surface area contributed by atoms with E-state index in [2.05, 4.69) is 10.3 Å². The third-order valence-corrected chi connectivity index (χ3v) is 2.76. The van der Waals surface area contributed by atoms with Gasteiger partial charge in [-0.2, -0.15) is 0 Å². The predicted octanol–water partition coefficient (Wildman–Crippen LogP) is 1.98. The number of hydrogen-bond acceptors (Lipinski definition) is 3. The number of amides is 1. The molecule has 6 nitrogen and oxygen atoms in total. The summed E-state index contributed by atoms with van der Waals surface area (Å²) >= 11 is 5.77. The first kappa shape index (κ1) is 13.8. The summed E-state index contributed by atoms with van der Waals surface area (Å²) in [5, 5.41) is 11.7. The second-order valence-corrected chi connectivity index (χ2v) is 4.30. The number of aromatic amines is 1. The zero-order valence-electron chi connectivity index (χ0n) is 10.0. The molecule has 1 aromatic heterocycles. The highest BCUT2D eigenvalue weighted by Gasteiger charge is 2.15. The Hall–Kier alpha value is -2.60. The van der Waals surface area contributed by atoms with E-state index in [9.17, 15) is 14.4 Å². The average Bonchev–Trinajstić information content (AvgIpc) is 2.38. The van der Waals surface area contributed by atoms with Crippen molar-refractivity contribution < 1.29 is 14.7 Å². The van der Waals surface area contributed by atoms with Crippen LogP contribution in [0.4, 0.5) is 5.69 Å². The third-order valence-electron chi connectivity index (χ3n) is 2.52. The molecule has 1 aromatic carbocycles. The van der Waals surface area contributed by atoms with Crippen molar-refractivity contribution in [3.63, 3.8) is 0 Å². The lowest BCUT2D eigenvalue weighted by atomic mass is 10.1. The standard InChI is InChI=1S/C13H9ClN2O4/c14-7-3-4-8(13(19)20)10(6-7)16-12(18)9-2-1-5-15-11(9)17/h1-6H,(H,15,17)(H,16,18)(H,19,20). The van der Waals surface area contributed by atoms with E-state index in [4.69, 9.17) is 16.7 Å². The second-order valence-electron chi connectivity index (χ2n) is 3.86. The maximum absolute atomic E-state index is 12.0. The molecule has 0 aliphatic carbocycles. The Labute approximate surface area is 118 Å². The van der Waals surface area contributed by atoms with Gasteiger partial charge in [-0.05, 0) is 30.3 Å². The minimum absolute atomic E-state index is 0.0262. The predicted molar refractivity (Wildman–Crippen MR) is 73.4 cm³/mol. The number of halogens is 1. The number of aromatic nitrogens is 1. The van der Waals surface area contributed by atoms with Crippen molar-refractivity contribution in [1.82, 2.24) is 4.98 Å². The lowest BCUT2D eigenvalue weighted by Crippen LogP contribution is -2.23. The van der Waals surface area contributed by atoms with E-state index >= 15 is 0 Å². The number of anilines is 1. The van der Waals surface area contributed by atoms with Gasteiger partial charge in [-0.15, -0.1) is 0 Å². The molecule has 0 unspecified atom stereocenters. The Morgan fingerprint density at radius 3 is 2.60 bits per heavy atom. The monoisotopic (exact) mass is 292 g/mol. The molecule has 102 valence electrons. The van der Waals surface area contributed by atoms with Crippen molar-refractivity contribution in [1.29, 1.82) is 0 Å². The largest absolute Gasteiger partial charge is 0.478 e. The van der Waals surface area contributed by atoms with Gasteiger partial charge in [-0.3, -0.25) is 9.59 Å². The Morgan fingerprint density at radius 1 is 1.20 bits per heavy atom. The molecule has 1 heterocycles. The third kappa shape index (κ3) is 2.86. The highest BCUT2D eigenvalue weighted by molar-refractivity contribution is 6.31. The summed E-state index contributed by atoms with van der Waals surface area (Å²) in [6, 6.07) is 6.80. The van der Waals surface area contributed by atoms with Crippen LogP contribution < -0.4 is 10.9 Å². The Kier molecular flexibility index (Phi) is 3.86. The van der Waals surface area contributed by atoms with E-state index in [0.29, 0.717) is 0 Å². The zero-order valence-corrected chi connectivity index (χ0v) is 10.8. The topological polar surface area (TPSA) is 99.3 Å². The maximum Gasteiger partial charge on any atom is 0.337 e. The van der Waals surface area contributed by atoms with Crippen LogP contribution in [0, 0.1) is 0 Å². The number of pyridine rings is 1. The molecule has 0 atom stereocenters. The molecule has 0 saturated heterocycles. The first-order chi connectivity index (χ1) is 9.49. The SMILES string of the molecule is O=C(O)c1ccc(Cl)cc1NC(=O)c1ccc[nH]c1=O. The fourth-order valence-corrected chi connectivity index (χ4v) is 1.77. The summed E-state index contributed by atoms with van der Waals surface area (Å²) in [6.45, 7) is 0. The fourth-order valence-electron chi connectivity index (χ4n) is 1.60. The van der Waals surface area contributed by atoms with E-state index in [1.165, 1.54) is 36.5 Å². The number of carbonyl (C=O) groups is 2. The molecule has 3 N–H and O–H groups in total. The van der Waals surface area contributed by atoms with Gasteiger partial charge in [0.15, 0.2) is 0 Å². The Bertz CT molecular complexity index is 739. The lowest BCUT2D eigenvalue weighted by Gasteiger charge is -2.08. The number of carboxylic acid groups (broad SMARTS) is 1. The van der Waals surface area contributed by atoms with Crippen molar-refractivity contribution in [3.8, 4) is 0 Å². The lowest BCUT2D eigenvalue weighted by molar-refractivity contribution is 0.0698. The molecule has 1 amide bonds. The summed E-state index contributed by atoms with van der Waals surface area (Å²) in [6.07, 6.45) is 1.39. The minimum Gasteiger partial charge on any atom is -0.478 e. The van der Waals surface area contributed by atoms with Crippen molar-refractivity contribution in [2.45, 2.75) is 0 Å². The van der Waals surface area contributed by atoms with Gasteiger partial charge in [0, 0.05) is 11.2 Å². The van der Waals surface area contributed by atoms with Crippen LogP contribution in [-0.4, -0.2) is 22.0 Å². The van der Waals surface area contributed by atoms with Crippen LogP contribution >= 0.6 is 11.6 Å². The molecular weight excluding hydrogens is 284 g/mol. The molecule has 2 rings (SSSR count). The van der Waals surface area contributed by atoms with Gasteiger partial charge in [-0.1, -0.05) is 11.6 Å². The number of benzene rings is 1. The first-order valence-corrected chi connectivity index (χ1v) is 5.88. The number of rotatable bonds is 3. The normalized spacial score (nSPS) is 10.1. The summed E-state index contributed by atoms with van der Waals surface area (Å²) in [4.78, 5) is 36.8. The molecular formula is C13H9ClN2O4. The van der Waals surface area contributed by atoms with Crippen molar-refractivity contribution in [3.05, 3.63) is 63.0 Å². The summed E-state index contributed by atoms with van der Waals surface area (Å²) < 4.78 is 0. The molecule has 2 aromatic rings. The van der Waals surface area contributed by atoms with Crippen LogP contribution in [0.2, 0.25) is 5.02 Å². The molecule has 0 bridgehead atoms. The van der Waals surface area contributed by atoms with Gasteiger partial charge in [0.05, 0.1) is 11.3 Å². The molecule has 0 fully saturated rings. The zero-order chi connectivity index (χ0) is 14.7. The van der Waals surface area contributed by atoms with E-state index in [1.807, 2.05) is 0 Å². The van der Waals surface area contributed by atoms with Crippen LogP contribution in [0.1, 0.15) is 20.7 Å².